The van der Waals surface area contributed by atoms with Crippen molar-refractivity contribution in [1.29, 1.82) is 0 Å². The van der Waals surface area contributed by atoms with Crippen LogP contribution in [0.5, 0.6) is 5.75 Å². The second-order valence-electron chi connectivity index (χ2n) is 6.30. The van der Waals surface area contributed by atoms with Gasteiger partial charge in [0.15, 0.2) is 6.54 Å². The van der Waals surface area contributed by atoms with E-state index in [1.807, 2.05) is 49.7 Å². The Morgan fingerprint density at radius 1 is 1.16 bits per heavy atom. The van der Waals surface area contributed by atoms with E-state index >= 15 is 0 Å². The minimum atomic E-state index is 0.0189. The topological polar surface area (TPSA) is 42.8 Å². The molecule has 0 aromatic heterocycles. The molecule has 1 atom stereocenters. The summed E-state index contributed by atoms with van der Waals surface area (Å²) in [6.07, 6.45) is 2.01. The third-order valence-corrected chi connectivity index (χ3v) is 4.63. The molecule has 2 aromatic carbocycles. The van der Waals surface area contributed by atoms with Gasteiger partial charge in [0.05, 0.1) is 12.7 Å². The molecule has 5 heteroatoms. The Hall–Kier alpha value is -1.98. The number of nitrogens with one attached hydrogen (secondary N) is 2. The highest BCUT2D eigenvalue weighted by atomic mass is 32.2. The van der Waals surface area contributed by atoms with E-state index in [2.05, 4.69) is 25.2 Å². The van der Waals surface area contributed by atoms with Crippen LogP contribution >= 0.6 is 11.8 Å². The van der Waals surface area contributed by atoms with E-state index in [1.165, 1.54) is 11.1 Å². The lowest BCUT2D eigenvalue weighted by atomic mass is 10.1. The quantitative estimate of drug-likeness (QED) is 0.712. The van der Waals surface area contributed by atoms with Crippen LogP contribution in [0.15, 0.2) is 47.4 Å². The van der Waals surface area contributed by atoms with Gasteiger partial charge in [-0.1, -0.05) is 18.2 Å². The fourth-order valence-electron chi connectivity index (χ4n) is 2.66. The molecule has 2 rings (SSSR count). The fourth-order valence-corrected chi connectivity index (χ4v) is 3.22. The van der Waals surface area contributed by atoms with Crippen molar-refractivity contribution < 1.29 is 14.4 Å². The van der Waals surface area contributed by atoms with Crippen LogP contribution in [0.1, 0.15) is 11.1 Å². The predicted octanol–water partition coefficient (Wildman–Crippen LogP) is 2.56. The van der Waals surface area contributed by atoms with Gasteiger partial charge in [-0.2, -0.15) is 0 Å². The van der Waals surface area contributed by atoms with Crippen molar-refractivity contribution in [3.05, 3.63) is 53.6 Å². The van der Waals surface area contributed by atoms with E-state index in [9.17, 15) is 4.79 Å². The summed E-state index contributed by atoms with van der Waals surface area (Å²) < 4.78 is 5.82. The van der Waals surface area contributed by atoms with E-state index in [-0.39, 0.29) is 5.91 Å². The van der Waals surface area contributed by atoms with Gasteiger partial charge in [-0.25, -0.2) is 0 Å². The summed E-state index contributed by atoms with van der Waals surface area (Å²) in [5.74, 6) is 0.911. The number of benzene rings is 2. The van der Waals surface area contributed by atoms with Gasteiger partial charge in [0, 0.05) is 4.90 Å². The van der Waals surface area contributed by atoms with E-state index in [0.717, 1.165) is 27.8 Å². The zero-order valence-corrected chi connectivity index (χ0v) is 16.2. The Morgan fingerprint density at radius 2 is 1.84 bits per heavy atom. The summed E-state index contributed by atoms with van der Waals surface area (Å²) in [4.78, 5) is 14.4. The van der Waals surface area contributed by atoms with Gasteiger partial charge < -0.3 is 15.0 Å². The van der Waals surface area contributed by atoms with Crippen LogP contribution in [0.25, 0.3) is 0 Å². The maximum absolute atomic E-state index is 12.2. The lowest BCUT2D eigenvalue weighted by Gasteiger charge is -2.15. The van der Waals surface area contributed by atoms with E-state index in [4.69, 9.17) is 4.74 Å². The smallest absolute Gasteiger partial charge is 0.279 e. The summed E-state index contributed by atoms with van der Waals surface area (Å²) in [7, 11) is 2.00. The monoisotopic (exact) mass is 359 g/mol. The number of para-hydroxylation sites is 1. The molecular weight excluding hydrogens is 332 g/mol. The number of aryl methyl sites for hydroxylation is 2. The van der Waals surface area contributed by atoms with Crippen molar-refractivity contribution in [3.8, 4) is 5.75 Å². The third-order valence-electron chi connectivity index (χ3n) is 3.84. The van der Waals surface area contributed by atoms with Crippen LogP contribution in [-0.4, -0.2) is 38.9 Å². The van der Waals surface area contributed by atoms with Gasteiger partial charge in [-0.3, -0.25) is 4.79 Å². The summed E-state index contributed by atoms with van der Waals surface area (Å²) in [5, 5.41) is 2.99. The van der Waals surface area contributed by atoms with Gasteiger partial charge in [0.2, 0.25) is 0 Å². The molecule has 0 aliphatic carbocycles. The first-order chi connectivity index (χ1) is 12.0. The minimum absolute atomic E-state index is 0.0189. The van der Waals surface area contributed by atoms with E-state index in [0.29, 0.717) is 13.2 Å². The molecule has 0 spiro atoms. The molecular formula is C20H27N2O2S+. The zero-order chi connectivity index (χ0) is 18.2. The molecule has 2 N–H and O–H groups in total. The molecule has 0 aliphatic heterocycles. The number of thioether (sulfide) groups is 1. The van der Waals surface area contributed by atoms with Crippen molar-refractivity contribution in [1.82, 2.24) is 0 Å². The van der Waals surface area contributed by atoms with Gasteiger partial charge in [-0.15, -0.1) is 11.8 Å². The Bertz CT molecular complexity index is 698. The maximum Gasteiger partial charge on any atom is 0.279 e. The average Bonchev–Trinajstić information content (AvgIpc) is 2.54. The second kappa shape index (κ2) is 9.49. The summed E-state index contributed by atoms with van der Waals surface area (Å²) in [6, 6.07) is 14.0. The molecule has 4 nitrogen and oxygen atoms in total. The van der Waals surface area contributed by atoms with Crippen molar-refractivity contribution >= 4 is 23.4 Å². The largest absolute Gasteiger partial charge is 0.488 e. The molecule has 1 amide bonds. The molecule has 0 saturated heterocycles. The van der Waals surface area contributed by atoms with Crippen molar-refractivity contribution in [2.24, 2.45) is 0 Å². The maximum atomic E-state index is 12.2. The molecule has 0 aliphatic rings. The lowest BCUT2D eigenvalue weighted by Crippen LogP contribution is -3.10. The molecule has 0 heterocycles. The van der Waals surface area contributed by atoms with Gasteiger partial charge in [-0.05, 0) is 55.5 Å². The van der Waals surface area contributed by atoms with Crippen LogP contribution < -0.4 is 15.0 Å². The SMILES string of the molecule is CSc1ccccc1NC(=O)C[NH+](C)CCOc1cc(C)cc(C)c1. The summed E-state index contributed by atoms with van der Waals surface area (Å²) >= 11 is 1.63. The number of hydrogen-bond donors (Lipinski definition) is 2. The molecule has 0 radical (unpaired) electrons. The first-order valence-corrected chi connectivity index (χ1v) is 9.65. The Morgan fingerprint density at radius 3 is 2.52 bits per heavy atom. The number of carbonyl (C=O) groups is 1. The number of hydrogen-bond acceptors (Lipinski definition) is 3. The zero-order valence-electron chi connectivity index (χ0n) is 15.4. The molecule has 0 saturated carbocycles. The Balaban J connectivity index is 1.77. The lowest BCUT2D eigenvalue weighted by molar-refractivity contribution is -0.871. The van der Waals surface area contributed by atoms with Gasteiger partial charge in [0.25, 0.3) is 5.91 Å². The predicted molar refractivity (Wildman–Crippen MR) is 105 cm³/mol. The van der Waals surface area contributed by atoms with Crippen molar-refractivity contribution in [2.75, 3.05) is 38.3 Å². The van der Waals surface area contributed by atoms with Crippen LogP contribution in [0.4, 0.5) is 5.69 Å². The van der Waals surface area contributed by atoms with E-state index < -0.39 is 0 Å². The normalized spacial score (nSPS) is 11.8. The van der Waals surface area contributed by atoms with Crippen molar-refractivity contribution in [3.63, 3.8) is 0 Å². The van der Waals surface area contributed by atoms with Crippen LogP contribution in [0.3, 0.4) is 0 Å². The highest BCUT2D eigenvalue weighted by Gasteiger charge is 2.12. The van der Waals surface area contributed by atoms with E-state index in [1.54, 1.807) is 11.8 Å². The molecule has 25 heavy (non-hydrogen) atoms. The molecule has 0 bridgehead atoms. The highest BCUT2D eigenvalue weighted by molar-refractivity contribution is 7.98. The number of likely N-dealkylation sites (N-methyl/N-ethyl adjacent to an activating group) is 1. The molecule has 1 unspecified atom stereocenters. The number of carbonyl (C=O) groups excluding carboxylic acids is 1. The molecule has 2 aromatic rings. The average molecular weight is 360 g/mol. The highest BCUT2D eigenvalue weighted by Crippen LogP contribution is 2.24. The Kier molecular flexibility index (Phi) is 7.34. The number of anilines is 1. The molecule has 0 fully saturated rings. The first-order valence-electron chi connectivity index (χ1n) is 8.43. The number of quaternary nitrogens is 1. The van der Waals surface area contributed by atoms with Gasteiger partial charge in [0.1, 0.15) is 18.9 Å². The first kappa shape index (κ1) is 19.3. The molecule has 134 valence electrons. The minimum Gasteiger partial charge on any atom is -0.488 e. The van der Waals surface area contributed by atoms with Crippen molar-refractivity contribution in [2.45, 2.75) is 18.7 Å². The Labute approximate surface area is 154 Å². The summed E-state index contributed by atoms with van der Waals surface area (Å²) in [5.41, 5.74) is 3.27. The van der Waals surface area contributed by atoms with Crippen LogP contribution in [0, 0.1) is 13.8 Å². The number of rotatable bonds is 8. The standard InChI is InChI=1S/C20H26N2O2S/c1-15-11-16(2)13-17(12-15)24-10-9-22(3)14-20(23)21-18-7-5-6-8-19(18)25-4/h5-8,11-13H,9-10,14H2,1-4H3,(H,21,23)/p+1. The van der Waals surface area contributed by atoms with Crippen LogP contribution in [-0.2, 0) is 4.79 Å². The van der Waals surface area contributed by atoms with Gasteiger partial charge >= 0.3 is 0 Å². The second-order valence-corrected chi connectivity index (χ2v) is 7.15. The fraction of sp³-hybridized carbons (Fsp3) is 0.350. The summed E-state index contributed by atoms with van der Waals surface area (Å²) in [6.45, 7) is 5.90. The van der Waals surface area contributed by atoms with Crippen LogP contribution in [0.2, 0.25) is 0 Å². The number of ether oxygens (including phenoxy) is 1. The third kappa shape index (κ3) is 6.44. The number of amides is 1.